The minimum atomic E-state index is -1.79. The summed E-state index contributed by atoms with van der Waals surface area (Å²) >= 11 is 0. The van der Waals surface area contributed by atoms with Gasteiger partial charge in [-0.05, 0) is 61.6 Å². The van der Waals surface area contributed by atoms with Crippen molar-refractivity contribution in [3.05, 3.63) is 24.3 Å². The average molecular weight is 377 g/mol. The average Bonchev–Trinajstić information content (AvgIpc) is 3.19. The molecule has 0 spiro atoms. The summed E-state index contributed by atoms with van der Waals surface area (Å²) < 4.78 is 19.2. The lowest BCUT2D eigenvalue weighted by molar-refractivity contribution is -0.195. The molecular formula is C22H36O3Si. The van der Waals surface area contributed by atoms with E-state index in [4.69, 9.17) is 13.9 Å². The van der Waals surface area contributed by atoms with Crippen LogP contribution in [0.25, 0.3) is 0 Å². The molecule has 0 aromatic carbocycles. The molecule has 4 rings (SSSR count). The van der Waals surface area contributed by atoms with Crippen LogP contribution in [0.2, 0.25) is 18.1 Å². The van der Waals surface area contributed by atoms with Crippen molar-refractivity contribution < 1.29 is 13.9 Å². The molecule has 1 aliphatic heterocycles. The molecule has 0 radical (unpaired) electrons. The Bertz CT molecular complexity index is 570. The van der Waals surface area contributed by atoms with E-state index in [0.29, 0.717) is 23.7 Å². The number of ether oxygens (including phenoxy) is 2. The van der Waals surface area contributed by atoms with Crippen LogP contribution in [0.5, 0.6) is 0 Å². The summed E-state index contributed by atoms with van der Waals surface area (Å²) in [5, 5.41) is 0.243. The van der Waals surface area contributed by atoms with E-state index in [2.05, 4.69) is 58.2 Å². The first-order chi connectivity index (χ1) is 12.3. The molecule has 0 N–H and O–H groups in total. The predicted molar refractivity (Wildman–Crippen MR) is 107 cm³/mol. The molecule has 0 aromatic rings. The van der Waals surface area contributed by atoms with Crippen molar-refractivity contribution in [1.82, 2.24) is 0 Å². The normalized spacial score (nSPS) is 42.3. The van der Waals surface area contributed by atoms with Crippen LogP contribution in [0.4, 0.5) is 0 Å². The van der Waals surface area contributed by atoms with E-state index in [1.165, 1.54) is 19.3 Å². The van der Waals surface area contributed by atoms with Gasteiger partial charge in [0.05, 0.1) is 12.2 Å². The van der Waals surface area contributed by atoms with E-state index in [1.54, 1.807) is 0 Å². The van der Waals surface area contributed by atoms with Gasteiger partial charge in [-0.25, -0.2) is 0 Å². The Morgan fingerprint density at radius 3 is 2.19 bits per heavy atom. The SMILES string of the molecule is CC(C)(C)[Si](C)(C)O[C@H]1C=C[C@@H](OC2CCCCO2)[C@@H]2[C@H]1[C@@H]1C=C[C@H]2C1. The molecule has 4 heteroatoms. The molecule has 2 bridgehead atoms. The molecule has 1 heterocycles. The van der Waals surface area contributed by atoms with Gasteiger partial charge in [0.25, 0.3) is 0 Å². The van der Waals surface area contributed by atoms with Crippen molar-refractivity contribution in [3.8, 4) is 0 Å². The number of hydrogen-bond acceptors (Lipinski definition) is 3. The maximum atomic E-state index is 6.88. The van der Waals surface area contributed by atoms with Crippen LogP contribution in [-0.4, -0.2) is 33.4 Å². The molecule has 3 aliphatic carbocycles. The standard InChI is InChI=1S/C22H36O3Si/c1-22(2,3)26(4,5)25-18-12-11-17(24-19-8-6-7-13-23-19)20-15-9-10-16(14-15)21(18)20/h9-12,15-21H,6-8,13-14H2,1-5H3/t15-,16+,17+,18-,19?,20+,21-/m0/s1. The van der Waals surface area contributed by atoms with Gasteiger partial charge in [0.15, 0.2) is 14.6 Å². The zero-order chi connectivity index (χ0) is 18.5. The number of rotatable bonds is 4. The van der Waals surface area contributed by atoms with Gasteiger partial charge in [-0.3, -0.25) is 0 Å². The first-order valence-electron chi connectivity index (χ1n) is 10.6. The minimum absolute atomic E-state index is 0.0139. The molecule has 26 heavy (non-hydrogen) atoms. The molecule has 1 saturated carbocycles. The highest BCUT2D eigenvalue weighted by Crippen LogP contribution is 2.55. The Morgan fingerprint density at radius 1 is 0.923 bits per heavy atom. The van der Waals surface area contributed by atoms with Crippen LogP contribution < -0.4 is 0 Å². The lowest BCUT2D eigenvalue weighted by Gasteiger charge is -2.46. The van der Waals surface area contributed by atoms with Crippen LogP contribution in [0.1, 0.15) is 46.5 Å². The Morgan fingerprint density at radius 2 is 1.58 bits per heavy atom. The predicted octanol–water partition coefficient (Wildman–Crippen LogP) is 5.30. The van der Waals surface area contributed by atoms with Crippen molar-refractivity contribution in [2.45, 2.75) is 83.1 Å². The Hall–Kier alpha value is -0.423. The third kappa shape index (κ3) is 3.39. The fourth-order valence-electron chi connectivity index (χ4n) is 5.06. The lowest BCUT2D eigenvalue weighted by Crippen LogP contribution is -2.50. The monoisotopic (exact) mass is 376 g/mol. The zero-order valence-corrected chi connectivity index (χ0v) is 18.1. The molecular weight excluding hydrogens is 340 g/mol. The van der Waals surface area contributed by atoms with Crippen molar-refractivity contribution in [1.29, 1.82) is 0 Å². The molecule has 3 nitrogen and oxygen atoms in total. The van der Waals surface area contributed by atoms with Gasteiger partial charge in [-0.15, -0.1) is 0 Å². The van der Waals surface area contributed by atoms with Crippen molar-refractivity contribution in [3.63, 3.8) is 0 Å². The summed E-state index contributed by atoms with van der Waals surface area (Å²) in [4.78, 5) is 0. The molecule has 7 atom stereocenters. The minimum Gasteiger partial charge on any atom is -0.410 e. The van der Waals surface area contributed by atoms with Gasteiger partial charge >= 0.3 is 0 Å². The van der Waals surface area contributed by atoms with Crippen molar-refractivity contribution >= 4 is 8.32 Å². The van der Waals surface area contributed by atoms with E-state index in [1.807, 2.05) is 0 Å². The molecule has 1 unspecified atom stereocenters. The summed E-state index contributed by atoms with van der Waals surface area (Å²) in [5.74, 6) is 2.42. The summed E-state index contributed by atoms with van der Waals surface area (Å²) in [6.07, 6.45) is 14.6. The highest BCUT2D eigenvalue weighted by Gasteiger charge is 2.54. The van der Waals surface area contributed by atoms with Crippen LogP contribution in [0.15, 0.2) is 24.3 Å². The smallest absolute Gasteiger partial charge is 0.192 e. The molecule has 1 saturated heterocycles. The van der Waals surface area contributed by atoms with E-state index in [0.717, 1.165) is 13.0 Å². The number of allylic oxidation sites excluding steroid dienone is 2. The lowest BCUT2D eigenvalue weighted by atomic mass is 9.73. The molecule has 0 aromatic heterocycles. The second-order valence-corrected chi connectivity index (χ2v) is 15.0. The van der Waals surface area contributed by atoms with Gasteiger partial charge in [0.1, 0.15) is 0 Å². The summed E-state index contributed by atoms with van der Waals surface area (Å²) in [7, 11) is -1.79. The van der Waals surface area contributed by atoms with Gasteiger partial charge < -0.3 is 13.9 Å². The second kappa shape index (κ2) is 6.88. The van der Waals surface area contributed by atoms with Crippen molar-refractivity contribution in [2.24, 2.45) is 23.7 Å². The summed E-state index contributed by atoms with van der Waals surface area (Å²) in [6.45, 7) is 12.6. The Labute approximate surface area is 160 Å². The van der Waals surface area contributed by atoms with Crippen LogP contribution in [-0.2, 0) is 13.9 Å². The number of hydrogen-bond donors (Lipinski definition) is 0. The second-order valence-electron chi connectivity index (χ2n) is 10.2. The van der Waals surface area contributed by atoms with Gasteiger partial charge in [0.2, 0.25) is 0 Å². The highest BCUT2D eigenvalue weighted by molar-refractivity contribution is 6.74. The highest BCUT2D eigenvalue weighted by atomic mass is 28.4. The summed E-state index contributed by atoms with van der Waals surface area (Å²) in [6, 6.07) is 0. The third-order valence-corrected chi connectivity index (χ3v) is 12.0. The van der Waals surface area contributed by atoms with Crippen molar-refractivity contribution in [2.75, 3.05) is 6.61 Å². The number of fused-ring (bicyclic) bond motifs is 5. The largest absolute Gasteiger partial charge is 0.410 e. The fraction of sp³-hybridized carbons (Fsp3) is 0.818. The third-order valence-electron chi connectivity index (χ3n) is 7.52. The van der Waals surface area contributed by atoms with E-state index in [-0.39, 0.29) is 23.5 Å². The Kier molecular flexibility index (Phi) is 5.00. The molecule has 2 fully saturated rings. The van der Waals surface area contributed by atoms with E-state index in [9.17, 15) is 0 Å². The Balaban J connectivity index is 1.53. The van der Waals surface area contributed by atoms with Crippen LogP contribution in [0.3, 0.4) is 0 Å². The fourth-order valence-corrected chi connectivity index (χ4v) is 6.33. The zero-order valence-electron chi connectivity index (χ0n) is 17.1. The maximum Gasteiger partial charge on any atom is 0.192 e. The van der Waals surface area contributed by atoms with Gasteiger partial charge in [0, 0.05) is 12.5 Å². The topological polar surface area (TPSA) is 27.7 Å². The van der Waals surface area contributed by atoms with Gasteiger partial charge in [-0.1, -0.05) is 45.1 Å². The molecule has 0 amide bonds. The first kappa shape index (κ1) is 18.9. The van der Waals surface area contributed by atoms with Crippen LogP contribution in [0, 0.1) is 23.7 Å². The van der Waals surface area contributed by atoms with E-state index >= 15 is 0 Å². The van der Waals surface area contributed by atoms with E-state index < -0.39 is 8.32 Å². The molecule has 4 aliphatic rings. The quantitative estimate of drug-likeness (QED) is 0.492. The maximum absolute atomic E-state index is 6.88. The van der Waals surface area contributed by atoms with Gasteiger partial charge in [-0.2, -0.15) is 0 Å². The summed E-state index contributed by atoms with van der Waals surface area (Å²) in [5.41, 5.74) is 0. The van der Waals surface area contributed by atoms with Crippen LogP contribution >= 0.6 is 0 Å². The first-order valence-corrected chi connectivity index (χ1v) is 13.5. The molecule has 146 valence electrons.